The third-order valence-electron chi connectivity index (χ3n) is 7.09. The van der Waals surface area contributed by atoms with Crippen LogP contribution < -0.4 is 0 Å². The average Bonchev–Trinajstić information content (AvgIpc) is 2.68. The van der Waals surface area contributed by atoms with Crippen LogP contribution in [0.15, 0.2) is 30.3 Å². The van der Waals surface area contributed by atoms with Gasteiger partial charge in [-0.15, -0.1) is 17.7 Å². The first kappa shape index (κ1) is 23.0. The molecule has 29 heavy (non-hydrogen) atoms. The predicted molar refractivity (Wildman–Crippen MR) is 106 cm³/mol. The Hall–Kier alpha value is -0.666. The summed E-state index contributed by atoms with van der Waals surface area (Å²) in [4.78, 5) is 0. The summed E-state index contributed by atoms with van der Waals surface area (Å²) < 4.78 is 42.8. The van der Waals surface area contributed by atoms with Gasteiger partial charge in [-0.2, -0.15) is 12.1 Å². The second-order valence-electron chi connectivity index (χ2n) is 8.92. The van der Waals surface area contributed by atoms with E-state index in [-0.39, 0.29) is 49.8 Å². The van der Waals surface area contributed by atoms with E-state index >= 15 is 0 Å². The van der Waals surface area contributed by atoms with Crippen molar-refractivity contribution < 1.29 is 45.9 Å². The minimum absolute atomic E-state index is 0. The van der Waals surface area contributed by atoms with Gasteiger partial charge in [-0.1, -0.05) is 19.8 Å². The van der Waals surface area contributed by atoms with E-state index in [4.69, 9.17) is 0 Å². The average molecular weight is 474 g/mol. The smallest absolute Gasteiger partial charge is 0.132 e. The molecule has 0 spiro atoms. The van der Waals surface area contributed by atoms with E-state index in [0.717, 1.165) is 55.1 Å². The van der Waals surface area contributed by atoms with Gasteiger partial charge in [0.15, 0.2) is 0 Å². The molecule has 2 aliphatic rings. The minimum Gasteiger partial charge on any atom is -0.236 e. The van der Waals surface area contributed by atoms with E-state index in [1.807, 2.05) is 0 Å². The predicted octanol–water partition coefficient (Wildman–Crippen LogP) is 7.67. The van der Waals surface area contributed by atoms with Crippen molar-refractivity contribution in [3.63, 3.8) is 0 Å². The van der Waals surface area contributed by atoms with Crippen LogP contribution in [0, 0.1) is 41.3 Å². The van der Waals surface area contributed by atoms with E-state index in [1.165, 1.54) is 49.9 Å². The summed E-state index contributed by atoms with van der Waals surface area (Å²) in [5, 5.41) is 0. The molecular weight excluding hydrogens is 446 g/mol. The molecule has 2 aromatic carbocycles. The molecular formula is C25H28F3Y-. The van der Waals surface area contributed by atoms with Crippen molar-refractivity contribution in [1.82, 2.24) is 0 Å². The molecule has 2 fully saturated rings. The molecule has 0 aromatic heterocycles. The second kappa shape index (κ2) is 10.1. The molecule has 2 aliphatic carbocycles. The minimum atomic E-state index is -0.615. The first-order chi connectivity index (χ1) is 13.5. The van der Waals surface area contributed by atoms with E-state index in [2.05, 4.69) is 13.0 Å². The largest absolute Gasteiger partial charge is 0.236 e. The van der Waals surface area contributed by atoms with Crippen LogP contribution in [0.1, 0.15) is 69.8 Å². The molecule has 0 unspecified atom stereocenters. The maximum atomic E-state index is 14.7. The van der Waals surface area contributed by atoms with Gasteiger partial charge in [-0.25, -0.2) is 13.2 Å². The Labute approximate surface area is 197 Å². The fourth-order valence-corrected chi connectivity index (χ4v) is 5.38. The zero-order valence-corrected chi connectivity index (χ0v) is 19.9. The van der Waals surface area contributed by atoms with Crippen molar-refractivity contribution in [3.8, 4) is 11.1 Å². The number of halogens is 3. The van der Waals surface area contributed by atoms with Crippen molar-refractivity contribution >= 4 is 0 Å². The van der Waals surface area contributed by atoms with Crippen molar-refractivity contribution in [3.05, 3.63) is 59.4 Å². The van der Waals surface area contributed by atoms with E-state index in [0.29, 0.717) is 0 Å². The van der Waals surface area contributed by atoms with Gasteiger partial charge in [0.25, 0.3) is 0 Å². The molecule has 0 atom stereocenters. The maximum Gasteiger partial charge on any atom is 0.132 e. The van der Waals surface area contributed by atoms with Crippen molar-refractivity contribution in [2.75, 3.05) is 0 Å². The Balaban J connectivity index is 0.00000240. The molecule has 0 bridgehead atoms. The van der Waals surface area contributed by atoms with E-state index in [1.54, 1.807) is 0 Å². The topological polar surface area (TPSA) is 0 Å². The summed E-state index contributed by atoms with van der Waals surface area (Å²) in [6.07, 6.45) is 9.72. The molecule has 2 aromatic rings. The van der Waals surface area contributed by atoms with Gasteiger partial charge in [0.2, 0.25) is 0 Å². The number of hydrogen-bond acceptors (Lipinski definition) is 0. The molecule has 0 aliphatic heterocycles. The molecule has 0 N–H and O–H groups in total. The summed E-state index contributed by atoms with van der Waals surface area (Å²) >= 11 is 0. The van der Waals surface area contributed by atoms with Crippen LogP contribution in [0.4, 0.5) is 13.2 Å². The number of rotatable bonds is 3. The quantitative estimate of drug-likeness (QED) is 0.401. The van der Waals surface area contributed by atoms with Crippen LogP contribution in [-0.2, 0) is 32.7 Å². The fourth-order valence-electron chi connectivity index (χ4n) is 5.38. The molecule has 4 rings (SSSR count). The molecule has 0 nitrogen and oxygen atoms in total. The second-order valence-corrected chi connectivity index (χ2v) is 8.92. The van der Waals surface area contributed by atoms with Crippen LogP contribution >= 0.6 is 0 Å². The van der Waals surface area contributed by atoms with E-state index < -0.39 is 17.5 Å². The van der Waals surface area contributed by atoms with Gasteiger partial charge in [0, 0.05) is 44.1 Å². The van der Waals surface area contributed by atoms with Gasteiger partial charge in [-0.05, 0) is 79.9 Å². The molecule has 153 valence electrons. The van der Waals surface area contributed by atoms with Gasteiger partial charge in [0.1, 0.15) is 11.6 Å². The fraction of sp³-hybridized carbons (Fsp3) is 0.520. The Morgan fingerprint density at radius 2 is 1.34 bits per heavy atom. The Kier molecular flexibility index (Phi) is 8.01. The van der Waals surface area contributed by atoms with Crippen molar-refractivity contribution in [2.45, 2.75) is 64.2 Å². The van der Waals surface area contributed by atoms with Gasteiger partial charge in [-0.3, -0.25) is 0 Å². The van der Waals surface area contributed by atoms with Crippen LogP contribution in [0.2, 0.25) is 0 Å². The van der Waals surface area contributed by atoms with E-state index in [9.17, 15) is 13.2 Å². The molecule has 4 heteroatoms. The van der Waals surface area contributed by atoms with Crippen molar-refractivity contribution in [2.24, 2.45) is 17.8 Å². The summed E-state index contributed by atoms with van der Waals surface area (Å²) in [5.74, 6) is 0.883. The summed E-state index contributed by atoms with van der Waals surface area (Å²) in [6, 6.07) is 9.24. The standard InChI is InChI=1S/C25H28F3.Y/c1-16-5-7-17(8-6-16)18-9-11-19(12-10-18)21-14-23(27)25(24(28)15-21)20-3-2-4-22(26)13-20;/h2-3,13-19H,5-12H2,1H3;/q-1;. The number of benzene rings is 2. The van der Waals surface area contributed by atoms with Crippen molar-refractivity contribution in [1.29, 1.82) is 0 Å². The summed E-state index contributed by atoms with van der Waals surface area (Å²) in [6.45, 7) is 2.35. The number of hydrogen-bond donors (Lipinski definition) is 0. The summed E-state index contributed by atoms with van der Waals surface area (Å²) in [7, 11) is 0. The molecule has 0 heterocycles. The monoisotopic (exact) mass is 474 g/mol. The first-order valence-corrected chi connectivity index (χ1v) is 10.7. The van der Waals surface area contributed by atoms with Gasteiger partial charge in [0.05, 0.1) is 0 Å². The summed E-state index contributed by atoms with van der Waals surface area (Å²) in [5.41, 5.74) is 0.812. The zero-order chi connectivity index (χ0) is 19.7. The normalized spacial score (nSPS) is 27.3. The molecule has 1 radical (unpaired) electrons. The maximum absolute atomic E-state index is 14.7. The SMILES string of the molecule is CC1CCC(C2CCC(c3cc(F)c(-c4cc[c-]c(F)c4)c(F)c3)CC2)CC1.[Y]. The molecule has 2 saturated carbocycles. The van der Waals surface area contributed by atoms with Crippen LogP contribution in [0.5, 0.6) is 0 Å². The Morgan fingerprint density at radius 3 is 1.90 bits per heavy atom. The third kappa shape index (κ3) is 5.34. The molecule has 0 amide bonds. The third-order valence-corrected chi connectivity index (χ3v) is 7.09. The first-order valence-electron chi connectivity index (χ1n) is 10.7. The zero-order valence-electron chi connectivity index (χ0n) is 17.1. The van der Waals surface area contributed by atoms with Crippen LogP contribution in [0.25, 0.3) is 11.1 Å². The van der Waals surface area contributed by atoms with Crippen LogP contribution in [-0.4, -0.2) is 0 Å². The van der Waals surface area contributed by atoms with Gasteiger partial charge < -0.3 is 0 Å². The Morgan fingerprint density at radius 1 is 0.793 bits per heavy atom. The van der Waals surface area contributed by atoms with Crippen LogP contribution in [0.3, 0.4) is 0 Å². The Bertz CT molecular complexity index is 796. The van der Waals surface area contributed by atoms with Gasteiger partial charge >= 0.3 is 0 Å². The molecule has 0 saturated heterocycles.